The first-order chi connectivity index (χ1) is 14.3. The van der Waals surface area contributed by atoms with Gasteiger partial charge >= 0.3 is 0 Å². The van der Waals surface area contributed by atoms with Crippen LogP contribution in [0, 0.1) is 10.1 Å². The lowest BCUT2D eigenvalue weighted by molar-refractivity contribution is -0.384. The van der Waals surface area contributed by atoms with Gasteiger partial charge in [0.15, 0.2) is 0 Å². The number of benzene rings is 2. The average Bonchev–Trinajstić information content (AvgIpc) is 3.28. The molecule has 2 heterocycles. The SMILES string of the molecule is CC1=NN(c2cccc(Br)c2)C(=O)/C1=C\c1ccc(-c2cc([N+](=O)[O-])ccc2O)o1. The van der Waals surface area contributed by atoms with Crippen LogP contribution >= 0.6 is 15.9 Å². The topological polar surface area (TPSA) is 109 Å². The molecule has 0 saturated carbocycles. The summed E-state index contributed by atoms with van der Waals surface area (Å²) in [6.45, 7) is 1.72. The van der Waals surface area contributed by atoms with Gasteiger partial charge in [-0.25, -0.2) is 0 Å². The number of nitrogens with zero attached hydrogens (tertiary/aromatic N) is 3. The van der Waals surface area contributed by atoms with Crippen molar-refractivity contribution >= 4 is 45.0 Å². The molecule has 0 bridgehead atoms. The standard InChI is InChI=1S/C21H14BrN3O5/c1-12-17(21(27)24(23-12)14-4-2-3-13(22)9-14)11-16-6-8-20(30-16)18-10-15(25(28)29)5-7-19(18)26/h2-11,26H,1H3/b17-11-. The van der Waals surface area contributed by atoms with E-state index in [1.807, 2.05) is 12.1 Å². The Kier molecular flexibility index (Phi) is 4.96. The van der Waals surface area contributed by atoms with E-state index in [4.69, 9.17) is 4.42 Å². The smallest absolute Gasteiger partial charge is 0.280 e. The van der Waals surface area contributed by atoms with E-state index in [1.165, 1.54) is 23.2 Å². The molecule has 0 unspecified atom stereocenters. The fourth-order valence-corrected chi connectivity index (χ4v) is 3.41. The molecule has 1 N–H and O–H groups in total. The second kappa shape index (κ2) is 7.60. The number of phenols is 1. The summed E-state index contributed by atoms with van der Waals surface area (Å²) in [5.74, 6) is 0.142. The number of amides is 1. The molecule has 1 aliphatic heterocycles. The van der Waals surface area contributed by atoms with Crippen LogP contribution in [0.15, 0.2) is 74.2 Å². The van der Waals surface area contributed by atoms with Gasteiger partial charge in [-0.2, -0.15) is 10.1 Å². The zero-order chi connectivity index (χ0) is 21.4. The summed E-state index contributed by atoms with van der Waals surface area (Å²) in [4.78, 5) is 23.3. The largest absolute Gasteiger partial charge is 0.507 e. The molecule has 3 aromatic rings. The fraction of sp³-hybridized carbons (Fsp3) is 0.0476. The Hall–Kier alpha value is -3.72. The van der Waals surface area contributed by atoms with E-state index < -0.39 is 4.92 Å². The first-order valence-corrected chi connectivity index (χ1v) is 9.57. The summed E-state index contributed by atoms with van der Waals surface area (Å²) < 4.78 is 6.54. The zero-order valence-corrected chi connectivity index (χ0v) is 17.2. The fourth-order valence-electron chi connectivity index (χ4n) is 3.02. The zero-order valence-electron chi connectivity index (χ0n) is 15.6. The molecule has 30 heavy (non-hydrogen) atoms. The van der Waals surface area contributed by atoms with Gasteiger partial charge in [0.25, 0.3) is 11.6 Å². The van der Waals surface area contributed by atoms with E-state index in [0.29, 0.717) is 22.7 Å². The van der Waals surface area contributed by atoms with E-state index >= 15 is 0 Å². The Bertz CT molecular complexity index is 1240. The van der Waals surface area contributed by atoms with Crippen molar-refractivity contribution in [2.75, 3.05) is 5.01 Å². The van der Waals surface area contributed by atoms with E-state index in [1.54, 1.807) is 37.3 Å². The van der Waals surface area contributed by atoms with E-state index in [-0.39, 0.29) is 28.7 Å². The summed E-state index contributed by atoms with van der Waals surface area (Å²) in [7, 11) is 0. The minimum atomic E-state index is -0.553. The maximum absolute atomic E-state index is 12.9. The summed E-state index contributed by atoms with van der Waals surface area (Å²) in [5, 5.41) is 26.7. The molecule has 2 aromatic carbocycles. The van der Waals surface area contributed by atoms with Crippen molar-refractivity contribution in [2.45, 2.75) is 6.92 Å². The number of anilines is 1. The third kappa shape index (κ3) is 3.62. The summed E-state index contributed by atoms with van der Waals surface area (Å²) in [6.07, 6.45) is 1.55. The predicted molar refractivity (Wildman–Crippen MR) is 115 cm³/mol. The number of nitro benzene ring substituents is 1. The Morgan fingerprint density at radius 1 is 1.20 bits per heavy atom. The van der Waals surface area contributed by atoms with Crippen LogP contribution in [-0.2, 0) is 4.79 Å². The molecular formula is C21H14BrN3O5. The Morgan fingerprint density at radius 2 is 2.00 bits per heavy atom. The maximum Gasteiger partial charge on any atom is 0.280 e. The summed E-state index contributed by atoms with van der Waals surface area (Å²) in [5.41, 5.74) is 1.53. The second-order valence-electron chi connectivity index (χ2n) is 6.50. The van der Waals surface area contributed by atoms with Gasteiger partial charge in [-0.05, 0) is 49.4 Å². The first-order valence-electron chi connectivity index (χ1n) is 8.78. The highest BCUT2D eigenvalue weighted by Gasteiger charge is 2.29. The minimum Gasteiger partial charge on any atom is -0.507 e. The van der Waals surface area contributed by atoms with Gasteiger partial charge in [-0.3, -0.25) is 14.9 Å². The van der Waals surface area contributed by atoms with E-state index in [9.17, 15) is 20.0 Å². The van der Waals surface area contributed by atoms with Crippen molar-refractivity contribution < 1.29 is 19.2 Å². The van der Waals surface area contributed by atoms with Crippen LogP contribution in [0.25, 0.3) is 17.4 Å². The number of furan rings is 1. The van der Waals surface area contributed by atoms with Gasteiger partial charge in [0.05, 0.1) is 27.5 Å². The molecule has 8 nitrogen and oxygen atoms in total. The normalized spacial score (nSPS) is 15.0. The van der Waals surface area contributed by atoms with Crippen molar-refractivity contribution in [2.24, 2.45) is 5.10 Å². The molecule has 150 valence electrons. The van der Waals surface area contributed by atoms with Crippen molar-refractivity contribution in [1.82, 2.24) is 0 Å². The molecule has 0 aliphatic carbocycles. The highest BCUT2D eigenvalue weighted by Crippen LogP contribution is 2.34. The van der Waals surface area contributed by atoms with Crippen molar-refractivity contribution in [3.63, 3.8) is 0 Å². The number of carbonyl (C=O) groups excluding carboxylic acids is 1. The number of carbonyl (C=O) groups is 1. The average molecular weight is 468 g/mol. The van der Waals surface area contributed by atoms with E-state index in [0.717, 1.165) is 4.47 Å². The van der Waals surface area contributed by atoms with Gasteiger partial charge in [0.1, 0.15) is 17.3 Å². The number of phenolic OH excluding ortho intramolecular Hbond substituents is 1. The van der Waals surface area contributed by atoms with Gasteiger partial charge in [-0.1, -0.05) is 22.0 Å². The van der Waals surface area contributed by atoms with Crippen LogP contribution in [0.1, 0.15) is 12.7 Å². The number of aromatic hydroxyl groups is 1. The molecule has 0 atom stereocenters. The molecule has 1 amide bonds. The Labute approximate surface area is 179 Å². The van der Waals surface area contributed by atoms with E-state index in [2.05, 4.69) is 21.0 Å². The monoisotopic (exact) mass is 467 g/mol. The molecule has 0 radical (unpaired) electrons. The lowest BCUT2D eigenvalue weighted by atomic mass is 10.1. The Morgan fingerprint density at radius 3 is 2.73 bits per heavy atom. The van der Waals surface area contributed by atoms with Crippen LogP contribution in [-0.4, -0.2) is 21.6 Å². The van der Waals surface area contributed by atoms with Gasteiger partial charge in [0.2, 0.25) is 0 Å². The second-order valence-corrected chi connectivity index (χ2v) is 7.42. The highest BCUT2D eigenvalue weighted by atomic mass is 79.9. The van der Waals surface area contributed by atoms with Crippen molar-refractivity contribution in [3.05, 3.63) is 80.5 Å². The number of non-ortho nitro benzene ring substituents is 1. The molecule has 1 aromatic heterocycles. The summed E-state index contributed by atoms with van der Waals surface area (Å²) >= 11 is 3.38. The van der Waals surface area contributed by atoms with Gasteiger partial charge < -0.3 is 9.52 Å². The number of hydrazone groups is 1. The molecule has 0 fully saturated rings. The van der Waals surface area contributed by atoms with Crippen LogP contribution in [0.3, 0.4) is 0 Å². The van der Waals surface area contributed by atoms with Gasteiger partial charge in [0, 0.05) is 16.6 Å². The molecule has 0 spiro atoms. The predicted octanol–water partition coefficient (Wildman–Crippen LogP) is 5.13. The van der Waals surface area contributed by atoms with Crippen molar-refractivity contribution in [1.29, 1.82) is 0 Å². The van der Waals surface area contributed by atoms with Gasteiger partial charge in [-0.15, -0.1) is 0 Å². The van der Waals surface area contributed by atoms with Crippen LogP contribution < -0.4 is 5.01 Å². The first kappa shape index (κ1) is 19.6. The molecule has 4 rings (SSSR count). The third-order valence-corrected chi connectivity index (χ3v) is 4.98. The number of nitro groups is 1. The maximum atomic E-state index is 12.9. The number of halogens is 1. The lowest BCUT2D eigenvalue weighted by Gasteiger charge is -2.11. The Balaban J connectivity index is 1.65. The number of hydrogen-bond acceptors (Lipinski definition) is 6. The highest BCUT2D eigenvalue weighted by molar-refractivity contribution is 9.10. The molecule has 9 heteroatoms. The minimum absolute atomic E-state index is 0.148. The number of rotatable bonds is 4. The third-order valence-electron chi connectivity index (χ3n) is 4.49. The number of hydrogen-bond donors (Lipinski definition) is 1. The summed E-state index contributed by atoms with van der Waals surface area (Å²) in [6, 6.07) is 14.1. The lowest BCUT2D eigenvalue weighted by Crippen LogP contribution is -2.21. The molecule has 1 aliphatic rings. The van der Waals surface area contributed by atoms with Crippen LogP contribution in [0.5, 0.6) is 5.75 Å². The van der Waals surface area contributed by atoms with Crippen LogP contribution in [0.4, 0.5) is 11.4 Å². The van der Waals surface area contributed by atoms with Crippen LogP contribution in [0.2, 0.25) is 0 Å². The molecular weight excluding hydrogens is 454 g/mol. The van der Waals surface area contributed by atoms with Crippen molar-refractivity contribution in [3.8, 4) is 17.1 Å². The quantitative estimate of drug-likeness (QED) is 0.325. The molecule has 0 saturated heterocycles.